The first-order valence-electron chi connectivity index (χ1n) is 7.54. The van der Waals surface area contributed by atoms with E-state index in [4.69, 9.17) is 5.73 Å². The molecule has 0 aromatic heterocycles. The zero-order valence-corrected chi connectivity index (χ0v) is 15.7. The molecule has 0 bridgehead atoms. The molecular formula is C15H20F3IN4O2. The molecule has 140 valence electrons. The number of nitrogens with one attached hydrogen (secondary N) is 1. The van der Waals surface area contributed by atoms with Gasteiger partial charge in [-0.3, -0.25) is 9.79 Å². The van der Waals surface area contributed by atoms with Crippen molar-refractivity contribution in [2.75, 3.05) is 25.0 Å². The zero-order valence-electron chi connectivity index (χ0n) is 13.4. The second-order valence-corrected chi connectivity index (χ2v) is 5.30. The van der Waals surface area contributed by atoms with Gasteiger partial charge in [-0.2, -0.15) is 0 Å². The van der Waals surface area contributed by atoms with Crippen molar-refractivity contribution in [2.45, 2.75) is 25.6 Å². The summed E-state index contributed by atoms with van der Waals surface area (Å²) >= 11 is 0. The predicted octanol–water partition coefficient (Wildman–Crippen LogP) is 2.94. The quantitative estimate of drug-likeness (QED) is 0.289. The molecule has 1 aliphatic heterocycles. The van der Waals surface area contributed by atoms with Crippen LogP contribution in [0.15, 0.2) is 29.3 Å². The Morgan fingerprint density at radius 3 is 2.56 bits per heavy atom. The van der Waals surface area contributed by atoms with Crippen LogP contribution in [0.4, 0.5) is 18.9 Å². The molecule has 1 aliphatic rings. The number of rotatable bonds is 6. The number of alkyl halides is 3. The average Bonchev–Trinajstić information content (AvgIpc) is 2.90. The topological polar surface area (TPSA) is 80.0 Å². The highest BCUT2D eigenvalue weighted by Crippen LogP contribution is 2.23. The highest BCUT2D eigenvalue weighted by molar-refractivity contribution is 14.0. The molecule has 0 saturated carbocycles. The van der Waals surface area contributed by atoms with Crippen molar-refractivity contribution in [3.05, 3.63) is 24.3 Å². The highest BCUT2D eigenvalue weighted by Gasteiger charge is 2.30. The molecule has 1 aromatic carbocycles. The number of carbonyl (C=O) groups excluding carboxylic acids is 1. The fourth-order valence-electron chi connectivity index (χ4n) is 2.33. The number of amides is 1. The smallest absolute Gasteiger partial charge is 0.406 e. The van der Waals surface area contributed by atoms with Crippen LogP contribution < -0.4 is 15.8 Å². The molecule has 25 heavy (non-hydrogen) atoms. The van der Waals surface area contributed by atoms with Gasteiger partial charge < -0.3 is 20.7 Å². The van der Waals surface area contributed by atoms with Crippen molar-refractivity contribution in [3.8, 4) is 5.75 Å². The number of anilines is 1. The van der Waals surface area contributed by atoms with E-state index in [-0.39, 0.29) is 41.6 Å². The Bertz CT molecular complexity index is 593. The van der Waals surface area contributed by atoms with Gasteiger partial charge in [0.05, 0.1) is 0 Å². The number of aliphatic imine (C=N–C) groups is 1. The molecule has 1 heterocycles. The number of carbonyl (C=O) groups is 1. The number of likely N-dealkylation sites (tertiary alicyclic amines) is 1. The van der Waals surface area contributed by atoms with Crippen molar-refractivity contribution < 1.29 is 22.7 Å². The molecule has 10 heteroatoms. The van der Waals surface area contributed by atoms with Gasteiger partial charge in [-0.25, -0.2) is 0 Å². The van der Waals surface area contributed by atoms with Crippen molar-refractivity contribution in [1.29, 1.82) is 0 Å². The largest absolute Gasteiger partial charge is 0.573 e. The Hall–Kier alpha value is -1.72. The van der Waals surface area contributed by atoms with Gasteiger partial charge in [-0.05, 0) is 37.1 Å². The van der Waals surface area contributed by atoms with Crippen LogP contribution in [0.5, 0.6) is 5.75 Å². The zero-order chi connectivity index (χ0) is 17.6. The Labute approximate surface area is 160 Å². The number of hydrogen-bond acceptors (Lipinski definition) is 3. The molecule has 3 N–H and O–H groups in total. The van der Waals surface area contributed by atoms with E-state index >= 15 is 0 Å². The molecule has 1 aromatic rings. The van der Waals surface area contributed by atoms with Gasteiger partial charge in [0.25, 0.3) is 0 Å². The summed E-state index contributed by atoms with van der Waals surface area (Å²) in [5.74, 6) is 0.0253. The molecule has 1 saturated heterocycles. The fourth-order valence-corrected chi connectivity index (χ4v) is 2.33. The van der Waals surface area contributed by atoms with Gasteiger partial charge in [0, 0.05) is 31.7 Å². The first-order chi connectivity index (χ1) is 11.3. The lowest BCUT2D eigenvalue weighted by atomic mass is 10.3. The van der Waals surface area contributed by atoms with Gasteiger partial charge in [-0.1, -0.05) is 0 Å². The van der Waals surface area contributed by atoms with Gasteiger partial charge >= 0.3 is 6.36 Å². The second kappa shape index (κ2) is 9.68. The van der Waals surface area contributed by atoms with E-state index in [9.17, 15) is 18.0 Å². The lowest BCUT2D eigenvalue weighted by molar-refractivity contribution is -0.274. The number of hydrogen-bond donors (Lipinski definition) is 2. The van der Waals surface area contributed by atoms with Gasteiger partial charge in [0.1, 0.15) is 5.75 Å². The summed E-state index contributed by atoms with van der Waals surface area (Å²) in [6.07, 6.45) is -2.50. The van der Waals surface area contributed by atoms with Gasteiger partial charge in [0.15, 0.2) is 5.96 Å². The number of nitrogens with two attached hydrogens (primary N) is 1. The Kier molecular flexibility index (Phi) is 8.26. The standard InChI is InChI=1S/C15H19F3N4O2.HI/c16-15(17,18)24-12-6-4-11(5-7-12)21-14(19)20-8-2-10-22-9-1-3-13(22)23;/h4-7H,1-3,8-10H2,(H3,19,20,21);1H. The van der Waals surface area contributed by atoms with Crippen LogP contribution in [0, 0.1) is 0 Å². The summed E-state index contributed by atoms with van der Waals surface area (Å²) in [6, 6.07) is 5.18. The minimum Gasteiger partial charge on any atom is -0.406 e. The van der Waals surface area contributed by atoms with Crippen LogP contribution in [0.25, 0.3) is 0 Å². The average molecular weight is 472 g/mol. The Morgan fingerprint density at radius 2 is 2.00 bits per heavy atom. The van der Waals surface area contributed by atoms with Crippen molar-refractivity contribution in [1.82, 2.24) is 4.90 Å². The highest BCUT2D eigenvalue weighted by atomic mass is 127. The van der Waals surface area contributed by atoms with Crippen molar-refractivity contribution >= 4 is 41.5 Å². The molecule has 2 rings (SSSR count). The number of halogens is 4. The summed E-state index contributed by atoms with van der Waals surface area (Å²) < 4.78 is 40.0. The lowest BCUT2D eigenvalue weighted by Crippen LogP contribution is -2.27. The maximum Gasteiger partial charge on any atom is 0.573 e. The van der Waals surface area contributed by atoms with E-state index in [1.54, 1.807) is 4.90 Å². The minimum atomic E-state index is -4.72. The summed E-state index contributed by atoms with van der Waals surface area (Å²) in [5, 5.41) is 2.78. The summed E-state index contributed by atoms with van der Waals surface area (Å²) in [7, 11) is 0. The van der Waals surface area contributed by atoms with Crippen LogP contribution >= 0.6 is 24.0 Å². The first-order valence-corrected chi connectivity index (χ1v) is 7.54. The molecule has 0 spiro atoms. The van der Waals surface area contributed by atoms with Crippen molar-refractivity contribution in [3.63, 3.8) is 0 Å². The summed E-state index contributed by atoms with van der Waals surface area (Å²) in [5.41, 5.74) is 6.21. The Balaban J connectivity index is 0.00000312. The van der Waals surface area contributed by atoms with E-state index in [1.165, 1.54) is 24.3 Å². The van der Waals surface area contributed by atoms with E-state index in [1.807, 2.05) is 0 Å². The molecule has 1 amide bonds. The maximum absolute atomic E-state index is 12.1. The van der Waals surface area contributed by atoms with Crippen LogP contribution in [0.2, 0.25) is 0 Å². The first kappa shape index (κ1) is 21.3. The predicted molar refractivity (Wildman–Crippen MR) is 99.1 cm³/mol. The molecule has 0 aliphatic carbocycles. The number of benzene rings is 1. The van der Waals surface area contributed by atoms with Gasteiger partial charge in [0.2, 0.25) is 5.91 Å². The van der Waals surface area contributed by atoms with Gasteiger partial charge in [-0.15, -0.1) is 37.1 Å². The third-order valence-electron chi connectivity index (χ3n) is 3.40. The van der Waals surface area contributed by atoms with Crippen LogP contribution in [0.1, 0.15) is 19.3 Å². The van der Waals surface area contributed by atoms with Crippen LogP contribution in [0.3, 0.4) is 0 Å². The summed E-state index contributed by atoms with van der Waals surface area (Å²) in [6.45, 7) is 1.90. The minimum absolute atomic E-state index is 0. The molecule has 1 fully saturated rings. The maximum atomic E-state index is 12.1. The molecule has 0 unspecified atom stereocenters. The number of ether oxygens (including phenoxy) is 1. The second-order valence-electron chi connectivity index (χ2n) is 5.30. The van der Waals surface area contributed by atoms with Crippen LogP contribution in [-0.2, 0) is 4.79 Å². The third-order valence-corrected chi connectivity index (χ3v) is 3.40. The van der Waals surface area contributed by atoms with Crippen LogP contribution in [-0.4, -0.2) is 42.8 Å². The van der Waals surface area contributed by atoms with E-state index in [0.717, 1.165) is 13.0 Å². The normalized spacial score (nSPS) is 15.1. The van der Waals surface area contributed by atoms with E-state index < -0.39 is 6.36 Å². The molecule has 0 atom stereocenters. The molecular weight excluding hydrogens is 452 g/mol. The van der Waals surface area contributed by atoms with Crippen molar-refractivity contribution in [2.24, 2.45) is 10.7 Å². The monoisotopic (exact) mass is 472 g/mol. The summed E-state index contributed by atoms with van der Waals surface area (Å²) in [4.78, 5) is 17.4. The fraction of sp³-hybridized carbons (Fsp3) is 0.467. The molecule has 6 nitrogen and oxygen atoms in total. The number of nitrogens with zero attached hydrogens (tertiary/aromatic N) is 2. The Morgan fingerprint density at radius 1 is 1.32 bits per heavy atom. The van der Waals surface area contributed by atoms with E-state index in [0.29, 0.717) is 31.6 Å². The number of guanidine groups is 1. The lowest BCUT2D eigenvalue weighted by Gasteiger charge is -2.14. The SMILES string of the molecule is I.NC(=NCCCN1CCCC1=O)Nc1ccc(OC(F)(F)F)cc1. The molecule has 0 radical (unpaired) electrons. The third kappa shape index (κ3) is 7.80. The van der Waals surface area contributed by atoms with E-state index in [2.05, 4.69) is 15.0 Å².